The maximum absolute atomic E-state index is 9.34. The fraction of sp³-hybridized carbons (Fsp3) is 0.667. The van der Waals surface area contributed by atoms with Crippen molar-refractivity contribution in [3.8, 4) is 5.75 Å². The topological polar surface area (TPSA) is 66.3 Å². The van der Waals surface area contributed by atoms with Crippen molar-refractivity contribution in [2.24, 2.45) is 4.99 Å². The zero-order chi connectivity index (χ0) is 19.3. The first kappa shape index (κ1) is 25.0. The van der Waals surface area contributed by atoms with Crippen LogP contribution < -0.4 is 5.32 Å². The van der Waals surface area contributed by atoms with Crippen molar-refractivity contribution in [1.29, 1.82) is 0 Å². The summed E-state index contributed by atoms with van der Waals surface area (Å²) in [7, 11) is 1.73. The highest BCUT2D eigenvalue weighted by atomic mass is 127. The lowest BCUT2D eigenvalue weighted by Crippen LogP contribution is -2.47. The average molecular weight is 505 g/mol. The maximum atomic E-state index is 9.34. The van der Waals surface area contributed by atoms with Crippen LogP contribution in [0.15, 0.2) is 29.3 Å². The number of rotatable bonds is 10. The van der Waals surface area contributed by atoms with Crippen molar-refractivity contribution in [1.82, 2.24) is 10.2 Å². The number of benzene rings is 1. The zero-order valence-electron chi connectivity index (χ0n) is 17.2. The van der Waals surface area contributed by atoms with E-state index in [4.69, 9.17) is 14.5 Å². The second kappa shape index (κ2) is 14.9. The van der Waals surface area contributed by atoms with E-state index in [2.05, 4.69) is 17.1 Å². The molecule has 6 nitrogen and oxygen atoms in total. The van der Waals surface area contributed by atoms with Crippen molar-refractivity contribution in [2.45, 2.75) is 45.1 Å². The van der Waals surface area contributed by atoms with Crippen molar-refractivity contribution in [2.75, 3.05) is 46.5 Å². The molecule has 0 aliphatic carbocycles. The molecule has 1 aliphatic heterocycles. The van der Waals surface area contributed by atoms with E-state index in [-0.39, 0.29) is 24.0 Å². The van der Waals surface area contributed by atoms with E-state index < -0.39 is 0 Å². The molecule has 160 valence electrons. The van der Waals surface area contributed by atoms with Crippen LogP contribution in [0.3, 0.4) is 0 Å². The summed E-state index contributed by atoms with van der Waals surface area (Å²) >= 11 is 0. The summed E-state index contributed by atoms with van der Waals surface area (Å²) < 4.78 is 11.0. The summed E-state index contributed by atoms with van der Waals surface area (Å²) in [6, 6.07) is 7.43. The number of aromatic hydroxyl groups is 1. The van der Waals surface area contributed by atoms with E-state index in [1.165, 1.54) is 5.56 Å². The Balaban J connectivity index is 0.00000392. The van der Waals surface area contributed by atoms with E-state index in [1.807, 2.05) is 12.1 Å². The molecule has 1 heterocycles. The number of piperidine rings is 1. The van der Waals surface area contributed by atoms with Crippen LogP contribution in [0.4, 0.5) is 0 Å². The summed E-state index contributed by atoms with van der Waals surface area (Å²) in [6.45, 7) is 7.31. The molecule has 2 rings (SSSR count). The van der Waals surface area contributed by atoms with Gasteiger partial charge in [0.05, 0.1) is 6.10 Å². The molecule has 1 aromatic carbocycles. The van der Waals surface area contributed by atoms with Gasteiger partial charge in [0, 0.05) is 46.5 Å². The molecule has 0 atom stereocenters. The van der Waals surface area contributed by atoms with Crippen LogP contribution >= 0.6 is 24.0 Å². The summed E-state index contributed by atoms with van der Waals surface area (Å²) in [5.74, 6) is 1.33. The van der Waals surface area contributed by atoms with Crippen LogP contribution in [0.5, 0.6) is 5.75 Å². The van der Waals surface area contributed by atoms with Crippen molar-refractivity contribution in [3.63, 3.8) is 0 Å². The minimum absolute atomic E-state index is 0. The molecule has 0 saturated carbocycles. The van der Waals surface area contributed by atoms with Crippen molar-refractivity contribution < 1.29 is 14.6 Å². The van der Waals surface area contributed by atoms with E-state index in [1.54, 1.807) is 19.2 Å². The van der Waals surface area contributed by atoms with Crippen LogP contribution in [0.2, 0.25) is 0 Å². The van der Waals surface area contributed by atoms with Gasteiger partial charge in [-0.1, -0.05) is 12.1 Å². The van der Waals surface area contributed by atoms with E-state index in [0.717, 1.165) is 77.5 Å². The van der Waals surface area contributed by atoms with Crippen LogP contribution in [-0.4, -0.2) is 68.6 Å². The number of phenols is 1. The molecule has 1 aliphatic rings. The van der Waals surface area contributed by atoms with Crippen LogP contribution in [0.1, 0.15) is 38.2 Å². The third kappa shape index (κ3) is 9.43. The third-order valence-corrected chi connectivity index (χ3v) is 4.74. The molecule has 2 N–H and O–H groups in total. The highest BCUT2D eigenvalue weighted by Crippen LogP contribution is 2.15. The molecule has 28 heavy (non-hydrogen) atoms. The predicted octanol–water partition coefficient (Wildman–Crippen LogP) is 3.43. The Morgan fingerprint density at radius 2 is 1.89 bits per heavy atom. The SMILES string of the molecule is CCNC(=NCCCc1ccc(O)cc1)N1CCC(OCCCOC)CC1.I. The minimum atomic E-state index is 0. The van der Waals surface area contributed by atoms with Gasteiger partial charge >= 0.3 is 0 Å². The molecular formula is C21H36IN3O3. The molecule has 0 spiro atoms. The molecule has 1 fully saturated rings. The Morgan fingerprint density at radius 3 is 2.54 bits per heavy atom. The molecule has 0 unspecified atom stereocenters. The second-order valence-electron chi connectivity index (χ2n) is 6.91. The number of ether oxygens (including phenoxy) is 2. The summed E-state index contributed by atoms with van der Waals surface area (Å²) in [6.07, 6.45) is 5.38. The predicted molar refractivity (Wildman–Crippen MR) is 125 cm³/mol. The molecule has 7 heteroatoms. The number of halogens is 1. The van der Waals surface area contributed by atoms with Gasteiger partial charge in [0.1, 0.15) is 5.75 Å². The third-order valence-electron chi connectivity index (χ3n) is 4.74. The molecule has 0 aromatic heterocycles. The van der Waals surface area contributed by atoms with Gasteiger partial charge in [-0.25, -0.2) is 0 Å². The highest BCUT2D eigenvalue weighted by molar-refractivity contribution is 14.0. The van der Waals surface area contributed by atoms with Crippen LogP contribution in [0.25, 0.3) is 0 Å². The summed E-state index contributed by atoms with van der Waals surface area (Å²) in [5.41, 5.74) is 1.24. The number of methoxy groups -OCH3 is 1. The standard InChI is InChI=1S/C21H35N3O3.HI/c1-3-22-21(23-13-4-6-18-7-9-19(25)10-8-18)24-14-11-20(12-15-24)27-17-5-16-26-2;/h7-10,20,25H,3-6,11-17H2,1-2H3,(H,22,23);1H. The number of likely N-dealkylation sites (tertiary alicyclic amines) is 1. The largest absolute Gasteiger partial charge is 0.508 e. The first-order valence-corrected chi connectivity index (χ1v) is 10.1. The number of guanidine groups is 1. The smallest absolute Gasteiger partial charge is 0.193 e. The monoisotopic (exact) mass is 505 g/mol. The van der Waals surface area contributed by atoms with Gasteiger partial charge in [-0.3, -0.25) is 4.99 Å². The Labute approximate surface area is 186 Å². The lowest BCUT2D eigenvalue weighted by atomic mass is 10.1. The fourth-order valence-corrected chi connectivity index (χ4v) is 3.24. The van der Waals surface area contributed by atoms with Crippen molar-refractivity contribution in [3.05, 3.63) is 29.8 Å². The number of nitrogens with zero attached hydrogens (tertiary/aromatic N) is 2. The van der Waals surface area contributed by atoms with Gasteiger partial charge in [0.2, 0.25) is 0 Å². The fourth-order valence-electron chi connectivity index (χ4n) is 3.24. The quantitative estimate of drug-likeness (QED) is 0.221. The van der Waals surface area contributed by atoms with Crippen molar-refractivity contribution >= 4 is 29.9 Å². The first-order chi connectivity index (χ1) is 13.2. The number of aliphatic imine (C=N–C) groups is 1. The van der Waals surface area contributed by atoms with Crippen LogP contribution in [0, 0.1) is 0 Å². The van der Waals surface area contributed by atoms with Gasteiger partial charge in [-0.2, -0.15) is 0 Å². The Hall–Kier alpha value is -1.06. The van der Waals surface area contributed by atoms with Gasteiger partial charge in [-0.05, 0) is 56.7 Å². The molecular weight excluding hydrogens is 469 g/mol. The maximum Gasteiger partial charge on any atom is 0.193 e. The Kier molecular flexibility index (Phi) is 13.3. The summed E-state index contributed by atoms with van der Waals surface area (Å²) in [5, 5.41) is 12.8. The normalized spacial score (nSPS) is 15.4. The number of hydrogen-bond donors (Lipinski definition) is 2. The number of nitrogens with one attached hydrogen (secondary N) is 1. The number of phenolic OH excluding ortho intramolecular Hbond substituents is 1. The number of hydrogen-bond acceptors (Lipinski definition) is 4. The van der Waals surface area contributed by atoms with Gasteiger partial charge in [0.25, 0.3) is 0 Å². The Bertz CT molecular complexity index is 546. The Morgan fingerprint density at radius 1 is 1.18 bits per heavy atom. The molecule has 1 aromatic rings. The van der Waals surface area contributed by atoms with Gasteiger partial charge in [0.15, 0.2) is 5.96 Å². The van der Waals surface area contributed by atoms with E-state index in [0.29, 0.717) is 11.9 Å². The molecule has 0 bridgehead atoms. The molecule has 1 saturated heterocycles. The van der Waals surface area contributed by atoms with Gasteiger partial charge in [-0.15, -0.1) is 24.0 Å². The van der Waals surface area contributed by atoms with Crippen LogP contribution in [-0.2, 0) is 15.9 Å². The lowest BCUT2D eigenvalue weighted by Gasteiger charge is -2.34. The van der Waals surface area contributed by atoms with Gasteiger partial charge < -0.3 is 24.8 Å². The summed E-state index contributed by atoms with van der Waals surface area (Å²) in [4.78, 5) is 7.15. The number of aryl methyl sites for hydroxylation is 1. The average Bonchev–Trinajstić information content (AvgIpc) is 2.69. The first-order valence-electron chi connectivity index (χ1n) is 10.1. The minimum Gasteiger partial charge on any atom is -0.508 e. The van der Waals surface area contributed by atoms with E-state index >= 15 is 0 Å². The zero-order valence-corrected chi connectivity index (χ0v) is 19.6. The lowest BCUT2D eigenvalue weighted by molar-refractivity contribution is 0.00990. The second-order valence-corrected chi connectivity index (χ2v) is 6.91. The molecule has 0 amide bonds. The van der Waals surface area contributed by atoms with E-state index in [9.17, 15) is 5.11 Å². The molecule has 0 radical (unpaired) electrons. The highest BCUT2D eigenvalue weighted by Gasteiger charge is 2.21.